The molecule has 7 heteroatoms. The first-order chi connectivity index (χ1) is 13.5. The highest BCUT2D eigenvalue weighted by Crippen LogP contribution is 2.37. The fourth-order valence-electron chi connectivity index (χ4n) is 3.59. The minimum atomic E-state index is -4.33. The molecule has 3 N–H and O–H groups in total. The van der Waals surface area contributed by atoms with Gasteiger partial charge in [-0.1, -0.05) is 53.4 Å². The number of rotatable bonds is 20. The summed E-state index contributed by atoms with van der Waals surface area (Å²) in [6.45, 7) is 11.1. The monoisotopic (exact) mass is 438 g/mol. The predicted molar refractivity (Wildman–Crippen MR) is 119 cm³/mol. The first kappa shape index (κ1) is 29.0. The van der Waals surface area contributed by atoms with Crippen molar-refractivity contribution in [3.05, 3.63) is 0 Å². The summed E-state index contributed by atoms with van der Waals surface area (Å²) in [6, 6.07) is 0. The zero-order valence-electron chi connectivity index (χ0n) is 19.3. The summed E-state index contributed by atoms with van der Waals surface area (Å²) in [6.07, 6.45) is 12.8. The second-order valence-electron chi connectivity index (χ2n) is 9.82. The first-order valence-corrected chi connectivity index (χ1v) is 12.9. The van der Waals surface area contributed by atoms with Crippen molar-refractivity contribution in [2.45, 2.75) is 105 Å². The summed E-state index contributed by atoms with van der Waals surface area (Å²) >= 11 is 0. The quantitative estimate of drug-likeness (QED) is 0.163. The minimum Gasteiger partial charge on any atom is -0.396 e. The number of unbranched alkanes of at least 4 members (excludes halogenated alkanes) is 4. The molecule has 6 nitrogen and oxygen atoms in total. The Hall–Kier alpha value is 0.0300. The molecule has 0 atom stereocenters. The first-order valence-electron chi connectivity index (χ1n) is 11.4. The highest BCUT2D eigenvalue weighted by atomic mass is 31.2. The lowest BCUT2D eigenvalue weighted by atomic mass is 9.82. The Kier molecular flexibility index (Phi) is 15.8. The van der Waals surface area contributed by atoms with Crippen LogP contribution in [0.3, 0.4) is 0 Å². The number of hydrogen-bond acceptors (Lipinski definition) is 4. The van der Waals surface area contributed by atoms with Crippen LogP contribution >= 0.6 is 7.82 Å². The lowest BCUT2D eigenvalue weighted by molar-refractivity contribution is 0.119. The fraction of sp³-hybridized carbons (Fsp3) is 1.00. The van der Waals surface area contributed by atoms with E-state index in [4.69, 9.17) is 19.6 Å². The largest absolute Gasteiger partial charge is 0.469 e. The Morgan fingerprint density at radius 1 is 0.655 bits per heavy atom. The topological polar surface area (TPSA) is 96.2 Å². The molecular formula is C22H47O6P. The SMILES string of the molecule is CC(C)(CCCCCO)CCCCOCCCCC(C)(C)CCCOP(=O)(O)O. The van der Waals surface area contributed by atoms with Crippen LogP contribution in [0.4, 0.5) is 0 Å². The standard InChI is InChI=1S/C22H47O6P/c1-21(2,13-6-5-9-17-23)14-7-10-18-27-19-11-8-15-22(3,4)16-12-20-28-29(24,25)26/h23H,5-20H2,1-4H3,(H2,24,25,26). The summed E-state index contributed by atoms with van der Waals surface area (Å²) in [5.74, 6) is 0. The van der Waals surface area contributed by atoms with Gasteiger partial charge in [-0.2, -0.15) is 0 Å². The number of ether oxygens (including phenoxy) is 1. The van der Waals surface area contributed by atoms with Crippen molar-refractivity contribution in [2.24, 2.45) is 10.8 Å². The molecule has 176 valence electrons. The molecule has 0 aromatic heterocycles. The van der Waals surface area contributed by atoms with Gasteiger partial charge in [-0.3, -0.25) is 4.52 Å². The molecule has 29 heavy (non-hydrogen) atoms. The molecule has 0 fully saturated rings. The van der Waals surface area contributed by atoms with E-state index in [1.165, 1.54) is 25.7 Å². The van der Waals surface area contributed by atoms with Crippen molar-refractivity contribution in [1.29, 1.82) is 0 Å². The molecule has 0 amide bonds. The zero-order valence-corrected chi connectivity index (χ0v) is 20.2. The predicted octanol–water partition coefficient (Wildman–Crippen LogP) is 5.84. The lowest BCUT2D eigenvalue weighted by Gasteiger charge is -2.25. The van der Waals surface area contributed by atoms with Crippen LogP contribution in [-0.4, -0.2) is 41.3 Å². The number of hydrogen-bond donors (Lipinski definition) is 3. The van der Waals surface area contributed by atoms with Gasteiger partial charge >= 0.3 is 7.82 Å². The Balaban J connectivity index is 3.56. The summed E-state index contributed by atoms with van der Waals surface area (Å²) in [4.78, 5) is 17.4. The average molecular weight is 439 g/mol. The zero-order chi connectivity index (χ0) is 22.2. The molecule has 0 saturated heterocycles. The van der Waals surface area contributed by atoms with Crippen LogP contribution < -0.4 is 0 Å². The molecule has 0 saturated carbocycles. The van der Waals surface area contributed by atoms with E-state index in [-0.39, 0.29) is 12.0 Å². The van der Waals surface area contributed by atoms with Crippen LogP contribution in [0.5, 0.6) is 0 Å². The van der Waals surface area contributed by atoms with E-state index in [0.717, 1.165) is 58.2 Å². The van der Waals surface area contributed by atoms with Crippen molar-refractivity contribution < 1.29 is 28.7 Å². The maximum Gasteiger partial charge on any atom is 0.469 e. The van der Waals surface area contributed by atoms with Gasteiger partial charge in [0.1, 0.15) is 0 Å². The average Bonchev–Trinajstić information content (AvgIpc) is 2.60. The number of aliphatic hydroxyl groups is 1. The van der Waals surface area contributed by atoms with Crippen LogP contribution in [0.25, 0.3) is 0 Å². The molecule has 0 aliphatic rings. The van der Waals surface area contributed by atoms with Gasteiger partial charge in [0.2, 0.25) is 0 Å². The van der Waals surface area contributed by atoms with E-state index in [1.54, 1.807) is 0 Å². The maximum absolute atomic E-state index is 10.7. The molecule has 0 aromatic carbocycles. The van der Waals surface area contributed by atoms with Gasteiger partial charge in [-0.25, -0.2) is 4.57 Å². The summed E-state index contributed by atoms with van der Waals surface area (Å²) in [7, 11) is -4.33. The van der Waals surface area contributed by atoms with E-state index in [2.05, 4.69) is 32.2 Å². The van der Waals surface area contributed by atoms with Crippen LogP contribution in [-0.2, 0) is 13.8 Å². The van der Waals surface area contributed by atoms with Crippen LogP contribution in [0, 0.1) is 10.8 Å². The molecule has 0 bridgehead atoms. The Morgan fingerprint density at radius 2 is 1.10 bits per heavy atom. The minimum absolute atomic E-state index is 0.107. The molecule has 0 unspecified atom stereocenters. The molecule has 0 aromatic rings. The Labute approximate surface area is 179 Å². The van der Waals surface area contributed by atoms with Crippen molar-refractivity contribution in [3.63, 3.8) is 0 Å². The molecule has 0 rings (SSSR count). The second-order valence-corrected chi connectivity index (χ2v) is 11.1. The number of phosphoric acid groups is 1. The van der Waals surface area contributed by atoms with Crippen molar-refractivity contribution in [1.82, 2.24) is 0 Å². The summed E-state index contributed by atoms with van der Waals surface area (Å²) < 4.78 is 20.9. The van der Waals surface area contributed by atoms with Crippen molar-refractivity contribution in [2.75, 3.05) is 26.4 Å². The molecule has 0 radical (unpaired) electrons. The Morgan fingerprint density at radius 3 is 1.55 bits per heavy atom. The van der Waals surface area contributed by atoms with Gasteiger partial charge in [-0.15, -0.1) is 0 Å². The molecule has 0 heterocycles. The summed E-state index contributed by atoms with van der Waals surface area (Å²) in [5, 5.41) is 8.84. The Bertz CT molecular complexity index is 433. The third kappa shape index (κ3) is 21.1. The van der Waals surface area contributed by atoms with Gasteiger partial charge in [0.15, 0.2) is 0 Å². The van der Waals surface area contributed by atoms with E-state index >= 15 is 0 Å². The molecule has 0 spiro atoms. The van der Waals surface area contributed by atoms with E-state index in [0.29, 0.717) is 18.4 Å². The van der Waals surface area contributed by atoms with Crippen molar-refractivity contribution >= 4 is 7.82 Å². The highest BCUT2D eigenvalue weighted by molar-refractivity contribution is 7.46. The van der Waals surface area contributed by atoms with Gasteiger partial charge < -0.3 is 19.6 Å². The van der Waals surface area contributed by atoms with E-state index in [9.17, 15) is 4.57 Å². The van der Waals surface area contributed by atoms with E-state index < -0.39 is 7.82 Å². The van der Waals surface area contributed by atoms with Crippen LogP contribution in [0.15, 0.2) is 0 Å². The molecule has 0 aliphatic heterocycles. The third-order valence-corrected chi connectivity index (χ3v) is 6.07. The van der Waals surface area contributed by atoms with Gasteiger partial charge in [-0.05, 0) is 62.2 Å². The smallest absolute Gasteiger partial charge is 0.396 e. The van der Waals surface area contributed by atoms with Crippen LogP contribution in [0.2, 0.25) is 0 Å². The fourth-order valence-corrected chi connectivity index (χ4v) is 3.96. The normalized spacial score (nSPS) is 13.2. The molecular weight excluding hydrogens is 391 g/mol. The second kappa shape index (κ2) is 15.8. The molecule has 0 aliphatic carbocycles. The number of aliphatic hydroxyl groups excluding tert-OH is 1. The third-order valence-electron chi connectivity index (χ3n) is 5.55. The van der Waals surface area contributed by atoms with E-state index in [1.807, 2.05) is 0 Å². The van der Waals surface area contributed by atoms with Gasteiger partial charge in [0.05, 0.1) is 6.61 Å². The highest BCUT2D eigenvalue weighted by Gasteiger charge is 2.19. The summed E-state index contributed by atoms with van der Waals surface area (Å²) in [5.41, 5.74) is 0.540. The van der Waals surface area contributed by atoms with Crippen molar-refractivity contribution in [3.8, 4) is 0 Å². The van der Waals surface area contributed by atoms with Gasteiger partial charge in [0.25, 0.3) is 0 Å². The van der Waals surface area contributed by atoms with Crippen LogP contribution in [0.1, 0.15) is 105 Å². The lowest BCUT2D eigenvalue weighted by Crippen LogP contribution is -2.13. The maximum atomic E-state index is 10.7. The van der Waals surface area contributed by atoms with Gasteiger partial charge in [0, 0.05) is 19.8 Å². The number of phosphoric ester groups is 1.